The van der Waals surface area contributed by atoms with Crippen LogP contribution in [0.15, 0.2) is 59.8 Å². The first-order valence-electron chi connectivity index (χ1n) is 10.8. The molecule has 3 rings (SSSR count). The molecule has 0 spiro atoms. The van der Waals surface area contributed by atoms with Crippen molar-refractivity contribution in [3.05, 3.63) is 76.5 Å². The smallest absolute Gasteiger partial charge is 0.416 e. The summed E-state index contributed by atoms with van der Waals surface area (Å²) in [6.07, 6.45) is -4.65. The minimum atomic E-state index is -4.65. The Bertz CT molecular complexity index is 1250. The number of nitriles is 1. The van der Waals surface area contributed by atoms with Gasteiger partial charge < -0.3 is 14.4 Å². The molecular formula is C25H22F3N3O5. The molecule has 0 aromatic heterocycles. The molecule has 0 radical (unpaired) electrons. The van der Waals surface area contributed by atoms with Crippen LogP contribution < -0.4 is 4.90 Å². The van der Waals surface area contributed by atoms with E-state index < -0.39 is 42.4 Å². The van der Waals surface area contributed by atoms with Gasteiger partial charge in [0.05, 0.1) is 41.1 Å². The van der Waals surface area contributed by atoms with E-state index in [0.717, 1.165) is 23.1 Å². The number of esters is 2. The number of carbonyl (C=O) groups excluding carboxylic acids is 3. The summed E-state index contributed by atoms with van der Waals surface area (Å²) in [5.74, 6) is -1.74. The Hall–Kier alpha value is -4.33. The molecule has 2 amide bonds. The van der Waals surface area contributed by atoms with Gasteiger partial charge in [0.25, 0.3) is 0 Å². The van der Waals surface area contributed by atoms with E-state index in [0.29, 0.717) is 11.1 Å². The van der Waals surface area contributed by atoms with Gasteiger partial charge in [0.15, 0.2) is 6.61 Å². The number of anilines is 1. The maximum atomic E-state index is 13.4. The number of nitrogens with zero attached hydrogens (tertiary/aromatic N) is 3. The number of benzene rings is 2. The zero-order valence-electron chi connectivity index (χ0n) is 19.6. The molecule has 1 aliphatic heterocycles. The quantitative estimate of drug-likeness (QED) is 0.538. The molecule has 1 atom stereocenters. The van der Waals surface area contributed by atoms with Crippen LogP contribution in [0.25, 0.3) is 0 Å². The standard InChI is InChI=1S/C25H22F3N3O5/c1-4-35-20(32)14-36-23(33)21-15(2)31(19-7-5-6-18(12-19)25(26,27)28)24(34)30(3)22(21)17-10-8-16(13-29)9-11-17/h5-12,22H,4,14H2,1-3H3. The van der Waals surface area contributed by atoms with Gasteiger partial charge in [-0.2, -0.15) is 18.4 Å². The van der Waals surface area contributed by atoms with Crippen molar-refractivity contribution in [3.8, 4) is 6.07 Å². The molecule has 0 saturated carbocycles. The first kappa shape index (κ1) is 26.3. The van der Waals surface area contributed by atoms with Crippen molar-refractivity contribution in [2.45, 2.75) is 26.1 Å². The predicted octanol–water partition coefficient (Wildman–Crippen LogP) is 4.57. The zero-order valence-corrected chi connectivity index (χ0v) is 19.6. The van der Waals surface area contributed by atoms with E-state index in [4.69, 9.17) is 14.7 Å². The summed E-state index contributed by atoms with van der Waals surface area (Å²) < 4.78 is 49.9. The Morgan fingerprint density at radius 1 is 1.11 bits per heavy atom. The van der Waals surface area contributed by atoms with Crippen molar-refractivity contribution in [3.63, 3.8) is 0 Å². The van der Waals surface area contributed by atoms with Gasteiger partial charge in [-0.3, -0.25) is 4.90 Å². The number of carbonyl (C=O) groups is 3. The van der Waals surface area contributed by atoms with E-state index in [1.807, 2.05) is 6.07 Å². The van der Waals surface area contributed by atoms with E-state index in [-0.39, 0.29) is 23.6 Å². The molecule has 0 saturated heterocycles. The summed E-state index contributed by atoms with van der Waals surface area (Å²) in [5, 5.41) is 9.09. The number of alkyl halides is 3. The molecule has 2 aromatic carbocycles. The van der Waals surface area contributed by atoms with E-state index in [1.54, 1.807) is 19.1 Å². The highest BCUT2D eigenvalue weighted by atomic mass is 19.4. The normalized spacial score (nSPS) is 16.0. The molecule has 1 unspecified atom stereocenters. The van der Waals surface area contributed by atoms with Crippen LogP contribution in [0.4, 0.5) is 23.7 Å². The van der Waals surface area contributed by atoms with Crippen LogP contribution in [0.2, 0.25) is 0 Å². The molecule has 0 aliphatic carbocycles. The lowest BCUT2D eigenvalue weighted by Gasteiger charge is -2.41. The fourth-order valence-corrected chi connectivity index (χ4v) is 3.84. The van der Waals surface area contributed by atoms with Crippen molar-refractivity contribution in [2.24, 2.45) is 0 Å². The van der Waals surface area contributed by atoms with E-state index >= 15 is 0 Å². The number of halogens is 3. The number of ether oxygens (including phenoxy) is 2. The highest BCUT2D eigenvalue weighted by molar-refractivity contribution is 6.03. The van der Waals surface area contributed by atoms with Gasteiger partial charge in [-0.1, -0.05) is 18.2 Å². The summed E-state index contributed by atoms with van der Waals surface area (Å²) in [6.45, 7) is 2.38. The molecule has 1 aliphatic rings. The summed E-state index contributed by atoms with van der Waals surface area (Å²) >= 11 is 0. The number of amides is 2. The molecule has 0 N–H and O–H groups in total. The van der Waals surface area contributed by atoms with Crippen molar-refractivity contribution in [2.75, 3.05) is 25.2 Å². The van der Waals surface area contributed by atoms with Crippen molar-refractivity contribution in [1.29, 1.82) is 5.26 Å². The lowest BCUT2D eigenvalue weighted by Crippen LogP contribution is -2.49. The lowest BCUT2D eigenvalue weighted by molar-refractivity contribution is -0.156. The number of hydrogen-bond acceptors (Lipinski definition) is 6. The average Bonchev–Trinajstić information content (AvgIpc) is 2.84. The first-order valence-corrected chi connectivity index (χ1v) is 10.8. The SMILES string of the molecule is CCOC(=O)COC(=O)C1=C(C)N(c2cccc(C(F)(F)F)c2)C(=O)N(C)C1c1ccc(C#N)cc1. The van der Waals surface area contributed by atoms with Gasteiger partial charge in [0.1, 0.15) is 0 Å². The summed E-state index contributed by atoms with van der Waals surface area (Å²) in [6, 6.07) is 10.5. The molecule has 188 valence electrons. The van der Waals surface area contributed by atoms with E-state index in [1.165, 1.54) is 37.1 Å². The molecule has 2 aromatic rings. The van der Waals surface area contributed by atoms with Gasteiger partial charge in [-0.15, -0.1) is 0 Å². The summed E-state index contributed by atoms with van der Waals surface area (Å²) in [7, 11) is 1.39. The molecule has 1 heterocycles. The molecule has 11 heteroatoms. The Morgan fingerprint density at radius 3 is 2.36 bits per heavy atom. The monoisotopic (exact) mass is 501 g/mol. The number of hydrogen-bond donors (Lipinski definition) is 0. The maximum absolute atomic E-state index is 13.4. The van der Waals surface area contributed by atoms with E-state index in [2.05, 4.69) is 0 Å². The minimum Gasteiger partial charge on any atom is -0.463 e. The van der Waals surface area contributed by atoms with E-state index in [9.17, 15) is 27.6 Å². The highest BCUT2D eigenvalue weighted by Crippen LogP contribution is 2.40. The van der Waals surface area contributed by atoms with Crippen LogP contribution in [0.5, 0.6) is 0 Å². The third-order valence-corrected chi connectivity index (χ3v) is 5.51. The molecular weight excluding hydrogens is 479 g/mol. The largest absolute Gasteiger partial charge is 0.463 e. The Morgan fingerprint density at radius 2 is 1.78 bits per heavy atom. The molecule has 36 heavy (non-hydrogen) atoms. The van der Waals surface area contributed by atoms with Crippen LogP contribution in [0.1, 0.15) is 36.6 Å². The Kier molecular flexibility index (Phi) is 7.68. The topological polar surface area (TPSA) is 99.9 Å². The maximum Gasteiger partial charge on any atom is 0.416 e. The fraction of sp³-hybridized carbons (Fsp3) is 0.280. The van der Waals surface area contributed by atoms with Crippen LogP contribution in [-0.4, -0.2) is 43.1 Å². The number of rotatable bonds is 6. The first-order chi connectivity index (χ1) is 17.0. The minimum absolute atomic E-state index is 0.0284. The van der Waals surface area contributed by atoms with Gasteiger partial charge in [-0.25, -0.2) is 14.4 Å². The lowest BCUT2D eigenvalue weighted by atomic mass is 9.92. The van der Waals surface area contributed by atoms with Gasteiger partial charge in [0, 0.05) is 12.7 Å². The van der Waals surface area contributed by atoms with Gasteiger partial charge >= 0.3 is 24.1 Å². The highest BCUT2D eigenvalue weighted by Gasteiger charge is 2.42. The second kappa shape index (κ2) is 10.5. The second-order valence-electron chi connectivity index (χ2n) is 7.79. The third-order valence-electron chi connectivity index (χ3n) is 5.51. The van der Waals surface area contributed by atoms with Crippen molar-refractivity contribution in [1.82, 2.24) is 4.90 Å². The zero-order chi connectivity index (χ0) is 26.6. The summed E-state index contributed by atoms with van der Waals surface area (Å²) in [5.41, 5.74) is -0.307. The van der Waals surface area contributed by atoms with Crippen LogP contribution in [0.3, 0.4) is 0 Å². The number of allylic oxidation sites excluding steroid dienone is 1. The number of likely N-dealkylation sites (N-methyl/N-ethyl adjacent to an activating group) is 1. The molecule has 0 bridgehead atoms. The Balaban J connectivity index is 2.14. The van der Waals surface area contributed by atoms with Crippen molar-refractivity contribution >= 4 is 23.7 Å². The Labute approximate surface area is 205 Å². The van der Waals surface area contributed by atoms with Crippen LogP contribution in [0, 0.1) is 11.3 Å². The number of urea groups is 1. The predicted molar refractivity (Wildman–Crippen MR) is 121 cm³/mol. The van der Waals surface area contributed by atoms with Crippen molar-refractivity contribution < 1.29 is 37.0 Å². The fourth-order valence-electron chi connectivity index (χ4n) is 3.84. The van der Waals surface area contributed by atoms with Gasteiger partial charge in [0.2, 0.25) is 0 Å². The van der Waals surface area contributed by atoms with Crippen LogP contribution in [-0.2, 0) is 25.2 Å². The molecule has 8 nitrogen and oxygen atoms in total. The third kappa shape index (κ3) is 5.33. The molecule has 0 fully saturated rings. The van der Waals surface area contributed by atoms with Crippen LogP contribution >= 0.6 is 0 Å². The average molecular weight is 501 g/mol. The second-order valence-corrected chi connectivity index (χ2v) is 7.79. The van der Waals surface area contributed by atoms with Gasteiger partial charge in [-0.05, 0) is 49.7 Å². The summed E-state index contributed by atoms with van der Waals surface area (Å²) in [4.78, 5) is 40.5.